The largest absolute Gasteiger partial charge is 0.323 e. The molecule has 6 heteroatoms. The molecule has 3 aliphatic rings. The van der Waals surface area contributed by atoms with E-state index >= 15 is 0 Å². The number of pyridine rings is 1. The summed E-state index contributed by atoms with van der Waals surface area (Å²) in [5, 5.41) is 3.66. The normalized spacial score (nSPS) is 28.8. The van der Waals surface area contributed by atoms with E-state index in [2.05, 4.69) is 10.3 Å². The third kappa shape index (κ3) is 2.18. The molecule has 1 aromatic carbocycles. The van der Waals surface area contributed by atoms with Crippen LogP contribution in [-0.2, 0) is 14.4 Å². The van der Waals surface area contributed by atoms with Crippen LogP contribution in [0.3, 0.4) is 0 Å². The topological polar surface area (TPSA) is 79.4 Å². The van der Waals surface area contributed by atoms with Crippen molar-refractivity contribution in [2.45, 2.75) is 6.42 Å². The SMILES string of the molecule is O=C(CN1C(=O)C2C3C=CC(C3)C2C1=O)Nc1cnc2ccccc2c1. The second kappa shape index (κ2) is 5.49. The van der Waals surface area contributed by atoms with Gasteiger partial charge < -0.3 is 5.32 Å². The minimum atomic E-state index is -0.385. The third-order valence-electron chi connectivity index (χ3n) is 5.74. The van der Waals surface area contributed by atoms with Gasteiger partial charge in [0, 0.05) is 5.39 Å². The second-order valence-corrected chi connectivity index (χ2v) is 7.23. The molecule has 2 aliphatic carbocycles. The smallest absolute Gasteiger partial charge is 0.244 e. The Hall–Kier alpha value is -3.02. The highest BCUT2D eigenvalue weighted by Crippen LogP contribution is 2.52. The van der Waals surface area contributed by atoms with Crippen molar-refractivity contribution >= 4 is 34.3 Å². The molecule has 2 aromatic rings. The summed E-state index contributed by atoms with van der Waals surface area (Å²) in [6, 6.07) is 9.43. The molecule has 6 nitrogen and oxygen atoms in total. The van der Waals surface area contributed by atoms with Crippen molar-refractivity contribution in [3.63, 3.8) is 0 Å². The van der Waals surface area contributed by atoms with Gasteiger partial charge in [-0.2, -0.15) is 0 Å². The van der Waals surface area contributed by atoms with Gasteiger partial charge in [-0.25, -0.2) is 0 Å². The van der Waals surface area contributed by atoms with Crippen LogP contribution < -0.4 is 5.32 Å². The van der Waals surface area contributed by atoms with Crippen LogP contribution in [0.15, 0.2) is 48.7 Å². The van der Waals surface area contributed by atoms with Gasteiger partial charge in [0.1, 0.15) is 6.54 Å². The summed E-state index contributed by atoms with van der Waals surface area (Å²) in [7, 11) is 0. The Balaban J connectivity index is 1.31. The molecular formula is C20H17N3O3. The number of hydrogen-bond donors (Lipinski definition) is 1. The van der Waals surface area contributed by atoms with E-state index in [1.54, 1.807) is 6.20 Å². The number of nitrogens with one attached hydrogen (secondary N) is 1. The fraction of sp³-hybridized carbons (Fsp3) is 0.300. The fourth-order valence-corrected chi connectivity index (χ4v) is 4.60. The van der Waals surface area contributed by atoms with Crippen molar-refractivity contribution in [1.82, 2.24) is 9.88 Å². The Kier molecular flexibility index (Phi) is 3.22. The number of fused-ring (bicyclic) bond motifs is 6. The Morgan fingerprint density at radius 3 is 2.54 bits per heavy atom. The van der Waals surface area contributed by atoms with Crippen LogP contribution in [0.25, 0.3) is 10.9 Å². The van der Waals surface area contributed by atoms with E-state index in [0.717, 1.165) is 22.2 Å². The van der Waals surface area contributed by atoms with E-state index < -0.39 is 0 Å². The molecular weight excluding hydrogens is 330 g/mol. The number of benzene rings is 1. The molecule has 130 valence electrons. The summed E-state index contributed by atoms with van der Waals surface area (Å²) in [6.07, 6.45) is 6.55. The van der Waals surface area contributed by atoms with Crippen LogP contribution in [0.4, 0.5) is 5.69 Å². The summed E-state index contributed by atoms with van der Waals surface area (Å²) in [4.78, 5) is 43.1. The quantitative estimate of drug-likeness (QED) is 0.680. The molecule has 26 heavy (non-hydrogen) atoms. The van der Waals surface area contributed by atoms with Gasteiger partial charge in [0.2, 0.25) is 17.7 Å². The maximum absolute atomic E-state index is 12.6. The van der Waals surface area contributed by atoms with Gasteiger partial charge in [-0.1, -0.05) is 30.4 Å². The maximum atomic E-state index is 12.6. The molecule has 1 saturated carbocycles. The molecule has 5 rings (SSSR count). The third-order valence-corrected chi connectivity index (χ3v) is 5.74. The van der Waals surface area contributed by atoms with Gasteiger partial charge in [-0.15, -0.1) is 0 Å². The molecule has 4 unspecified atom stereocenters. The van der Waals surface area contributed by atoms with Crippen molar-refractivity contribution < 1.29 is 14.4 Å². The average Bonchev–Trinajstić information content (AvgIpc) is 3.32. The highest BCUT2D eigenvalue weighted by atomic mass is 16.2. The number of hydrogen-bond acceptors (Lipinski definition) is 4. The van der Waals surface area contributed by atoms with E-state index in [9.17, 15) is 14.4 Å². The van der Waals surface area contributed by atoms with Gasteiger partial charge >= 0.3 is 0 Å². The number of para-hydroxylation sites is 1. The molecule has 4 atom stereocenters. The van der Waals surface area contributed by atoms with E-state index in [4.69, 9.17) is 0 Å². The Bertz CT molecular complexity index is 953. The summed E-state index contributed by atoms with van der Waals surface area (Å²) in [6.45, 7) is -0.239. The molecule has 2 fully saturated rings. The van der Waals surface area contributed by atoms with Crippen LogP contribution in [0.2, 0.25) is 0 Å². The minimum Gasteiger partial charge on any atom is -0.323 e. The Morgan fingerprint density at radius 2 is 1.81 bits per heavy atom. The molecule has 2 heterocycles. The zero-order chi connectivity index (χ0) is 17.8. The zero-order valence-corrected chi connectivity index (χ0v) is 14.0. The van der Waals surface area contributed by atoms with Crippen molar-refractivity contribution in [2.75, 3.05) is 11.9 Å². The molecule has 1 aliphatic heterocycles. The number of aromatic nitrogens is 1. The monoisotopic (exact) mass is 347 g/mol. The number of nitrogens with zero attached hydrogens (tertiary/aromatic N) is 2. The average molecular weight is 347 g/mol. The molecule has 1 saturated heterocycles. The van der Waals surface area contributed by atoms with Gasteiger partial charge in [0.15, 0.2) is 0 Å². The predicted octanol–water partition coefficient (Wildman–Crippen LogP) is 1.98. The van der Waals surface area contributed by atoms with Gasteiger partial charge in [0.25, 0.3) is 0 Å². The Labute approximate surface area is 149 Å². The molecule has 0 radical (unpaired) electrons. The van der Waals surface area contributed by atoms with Crippen molar-refractivity contribution in [3.8, 4) is 0 Å². The van der Waals surface area contributed by atoms with Crippen LogP contribution in [-0.4, -0.2) is 34.2 Å². The van der Waals surface area contributed by atoms with Gasteiger partial charge in [-0.05, 0) is 30.4 Å². The minimum absolute atomic E-state index is 0.152. The summed E-state index contributed by atoms with van der Waals surface area (Å²) in [5.41, 5.74) is 1.39. The number of likely N-dealkylation sites (tertiary alicyclic amines) is 1. The van der Waals surface area contributed by atoms with Crippen LogP contribution in [0, 0.1) is 23.7 Å². The molecule has 3 amide bonds. The van der Waals surface area contributed by atoms with Crippen molar-refractivity contribution in [2.24, 2.45) is 23.7 Å². The van der Waals surface area contributed by atoms with Crippen LogP contribution in [0.5, 0.6) is 0 Å². The Morgan fingerprint density at radius 1 is 1.12 bits per heavy atom. The lowest BCUT2D eigenvalue weighted by atomic mass is 9.85. The number of carbonyl (C=O) groups is 3. The number of amides is 3. The number of imide groups is 1. The molecule has 0 spiro atoms. The predicted molar refractivity (Wildman–Crippen MR) is 94.8 cm³/mol. The van der Waals surface area contributed by atoms with Crippen molar-refractivity contribution in [3.05, 3.63) is 48.7 Å². The lowest BCUT2D eigenvalue weighted by molar-refractivity contribution is -0.143. The zero-order valence-electron chi connectivity index (χ0n) is 14.0. The molecule has 1 aromatic heterocycles. The molecule has 2 bridgehead atoms. The first-order valence-corrected chi connectivity index (χ1v) is 8.80. The fourth-order valence-electron chi connectivity index (χ4n) is 4.60. The van der Waals surface area contributed by atoms with Gasteiger partial charge in [0.05, 0.1) is 29.2 Å². The first-order valence-electron chi connectivity index (χ1n) is 8.80. The van der Waals surface area contributed by atoms with E-state index in [1.807, 2.05) is 42.5 Å². The summed E-state index contributed by atoms with van der Waals surface area (Å²) < 4.78 is 0. The highest BCUT2D eigenvalue weighted by Gasteiger charge is 2.59. The first-order chi connectivity index (χ1) is 12.6. The first kappa shape index (κ1) is 15.3. The number of rotatable bonds is 3. The lowest BCUT2D eigenvalue weighted by Gasteiger charge is -2.16. The standard InChI is InChI=1S/C20H17N3O3/c24-16(22-14-8-11-3-1-2-4-15(11)21-9-14)10-23-19(25)17-12-5-6-13(7-12)18(17)20(23)26/h1-6,8-9,12-13,17-18H,7,10H2,(H,22,24). The number of allylic oxidation sites excluding steroid dienone is 2. The highest BCUT2D eigenvalue weighted by molar-refractivity contribution is 6.09. The van der Waals surface area contributed by atoms with Crippen LogP contribution in [0.1, 0.15) is 6.42 Å². The van der Waals surface area contributed by atoms with E-state index in [0.29, 0.717) is 5.69 Å². The maximum Gasteiger partial charge on any atom is 0.244 e. The van der Waals surface area contributed by atoms with Gasteiger partial charge in [-0.3, -0.25) is 24.3 Å². The van der Waals surface area contributed by atoms with E-state index in [-0.39, 0.29) is 47.9 Å². The summed E-state index contributed by atoms with van der Waals surface area (Å²) >= 11 is 0. The molecule has 1 N–H and O–H groups in total. The lowest BCUT2D eigenvalue weighted by Crippen LogP contribution is -2.39. The number of anilines is 1. The summed E-state index contributed by atoms with van der Waals surface area (Å²) in [5.74, 6) is -1.03. The second-order valence-electron chi connectivity index (χ2n) is 7.23. The van der Waals surface area contributed by atoms with Crippen molar-refractivity contribution in [1.29, 1.82) is 0 Å². The van der Waals surface area contributed by atoms with Crippen LogP contribution >= 0.6 is 0 Å². The van der Waals surface area contributed by atoms with E-state index in [1.165, 1.54) is 0 Å². The number of carbonyl (C=O) groups excluding carboxylic acids is 3.